The highest BCUT2D eigenvalue weighted by atomic mass is 16.3. The number of phenolic OH excluding ortho intramolecular Hbond substituents is 1. The van der Waals surface area contributed by atoms with Gasteiger partial charge < -0.3 is 5.11 Å². The molecule has 0 radical (unpaired) electrons. The van der Waals surface area contributed by atoms with Crippen molar-refractivity contribution in [1.82, 2.24) is 4.98 Å². The molecule has 16 heavy (non-hydrogen) atoms. The smallest absolute Gasteiger partial charge is 0.146 e. The maximum absolute atomic E-state index is 9.24. The summed E-state index contributed by atoms with van der Waals surface area (Å²) in [6.07, 6.45) is 3.31. The van der Waals surface area contributed by atoms with E-state index in [1.807, 2.05) is 24.3 Å². The Bertz CT molecular complexity index is 483. The van der Waals surface area contributed by atoms with Crippen LogP contribution in [0, 0.1) is 0 Å². The van der Waals surface area contributed by atoms with Crippen molar-refractivity contribution < 1.29 is 5.11 Å². The third-order valence-corrected chi connectivity index (χ3v) is 1.93. The van der Waals surface area contributed by atoms with E-state index in [1.54, 1.807) is 30.6 Å². The fraction of sp³-hybridized carbons (Fsp3) is 0. The molecule has 2 aromatic rings. The lowest BCUT2D eigenvalue weighted by molar-refractivity contribution is 0.475. The Kier molecular flexibility index (Phi) is 3.13. The summed E-state index contributed by atoms with van der Waals surface area (Å²) in [7, 11) is 0. The molecule has 0 aliphatic rings. The van der Waals surface area contributed by atoms with Crippen LogP contribution >= 0.6 is 0 Å². The summed E-state index contributed by atoms with van der Waals surface area (Å²) in [5.41, 5.74) is 3.61. The second kappa shape index (κ2) is 4.93. The molecule has 4 nitrogen and oxygen atoms in total. The van der Waals surface area contributed by atoms with E-state index in [4.69, 9.17) is 0 Å². The van der Waals surface area contributed by atoms with Crippen LogP contribution in [-0.4, -0.2) is 16.3 Å². The first-order valence-electron chi connectivity index (χ1n) is 4.84. The summed E-state index contributed by atoms with van der Waals surface area (Å²) in [6.45, 7) is 0. The standard InChI is InChI=1S/C12H11N3O/c16-11-5-3-4-10(8-11)9-14-15-12-6-1-2-7-13-12/h1-9,16H,(H,13,15)/b14-9-. The Morgan fingerprint density at radius 2 is 2.12 bits per heavy atom. The lowest BCUT2D eigenvalue weighted by Crippen LogP contribution is -1.92. The number of hydrogen-bond donors (Lipinski definition) is 2. The van der Waals surface area contributed by atoms with E-state index in [2.05, 4.69) is 15.5 Å². The molecule has 2 N–H and O–H groups in total. The summed E-state index contributed by atoms with van der Waals surface area (Å²) in [6, 6.07) is 12.4. The highest BCUT2D eigenvalue weighted by molar-refractivity contribution is 5.80. The molecule has 80 valence electrons. The molecule has 0 aliphatic heterocycles. The van der Waals surface area contributed by atoms with Crippen molar-refractivity contribution in [1.29, 1.82) is 0 Å². The molecule has 0 unspecified atom stereocenters. The van der Waals surface area contributed by atoms with E-state index >= 15 is 0 Å². The third kappa shape index (κ3) is 2.81. The van der Waals surface area contributed by atoms with Crippen molar-refractivity contribution in [2.24, 2.45) is 5.10 Å². The molecular weight excluding hydrogens is 202 g/mol. The highest BCUT2D eigenvalue weighted by Gasteiger charge is 1.90. The maximum atomic E-state index is 9.24. The molecule has 0 saturated heterocycles. The molecule has 0 spiro atoms. The van der Waals surface area contributed by atoms with Crippen LogP contribution in [0.25, 0.3) is 0 Å². The number of phenols is 1. The van der Waals surface area contributed by atoms with Crippen LogP contribution in [0.5, 0.6) is 5.75 Å². The van der Waals surface area contributed by atoms with Gasteiger partial charge in [-0.2, -0.15) is 5.10 Å². The quantitative estimate of drug-likeness (QED) is 0.607. The maximum Gasteiger partial charge on any atom is 0.146 e. The van der Waals surface area contributed by atoms with Crippen LogP contribution in [0.1, 0.15) is 5.56 Å². The lowest BCUT2D eigenvalue weighted by atomic mass is 10.2. The van der Waals surface area contributed by atoms with E-state index in [1.165, 1.54) is 0 Å². The Morgan fingerprint density at radius 1 is 1.19 bits per heavy atom. The van der Waals surface area contributed by atoms with E-state index in [9.17, 15) is 5.11 Å². The number of nitrogens with zero attached hydrogens (tertiary/aromatic N) is 2. The van der Waals surface area contributed by atoms with Gasteiger partial charge in [-0.3, -0.25) is 5.43 Å². The van der Waals surface area contributed by atoms with Crippen molar-refractivity contribution in [2.45, 2.75) is 0 Å². The second-order valence-electron chi connectivity index (χ2n) is 3.18. The number of hydrazone groups is 1. The summed E-state index contributed by atoms with van der Waals surface area (Å²) in [5.74, 6) is 0.903. The van der Waals surface area contributed by atoms with Gasteiger partial charge in [0.1, 0.15) is 11.6 Å². The molecule has 4 heteroatoms. The summed E-state index contributed by atoms with van der Waals surface area (Å²) in [4.78, 5) is 4.05. The van der Waals surface area contributed by atoms with Gasteiger partial charge in [0, 0.05) is 6.20 Å². The SMILES string of the molecule is Oc1cccc(/C=N\Nc2ccccn2)c1. The number of hydrogen-bond acceptors (Lipinski definition) is 4. The minimum Gasteiger partial charge on any atom is -0.508 e. The zero-order valence-corrected chi connectivity index (χ0v) is 8.54. The molecule has 1 aromatic carbocycles. The third-order valence-electron chi connectivity index (χ3n) is 1.93. The Balaban J connectivity index is 2.00. The van der Waals surface area contributed by atoms with E-state index in [0.29, 0.717) is 5.82 Å². The molecule has 0 atom stereocenters. The molecule has 0 saturated carbocycles. The molecule has 1 heterocycles. The van der Waals surface area contributed by atoms with E-state index in [-0.39, 0.29) is 5.75 Å². The largest absolute Gasteiger partial charge is 0.508 e. The topological polar surface area (TPSA) is 57.5 Å². The summed E-state index contributed by atoms with van der Waals surface area (Å²) >= 11 is 0. The average molecular weight is 213 g/mol. The van der Waals surface area contributed by atoms with E-state index in [0.717, 1.165) is 5.56 Å². The molecular formula is C12H11N3O. The van der Waals surface area contributed by atoms with Crippen molar-refractivity contribution in [2.75, 3.05) is 5.43 Å². The summed E-state index contributed by atoms with van der Waals surface area (Å²) in [5, 5.41) is 13.2. The van der Waals surface area contributed by atoms with Crippen LogP contribution in [0.4, 0.5) is 5.82 Å². The first-order valence-corrected chi connectivity index (χ1v) is 4.84. The monoisotopic (exact) mass is 213 g/mol. The second-order valence-corrected chi connectivity index (χ2v) is 3.18. The van der Waals surface area contributed by atoms with Gasteiger partial charge in [0.25, 0.3) is 0 Å². The number of benzene rings is 1. The molecule has 0 bridgehead atoms. The minimum atomic E-state index is 0.224. The van der Waals surface area contributed by atoms with Gasteiger partial charge in [-0.25, -0.2) is 4.98 Å². The average Bonchev–Trinajstić information content (AvgIpc) is 2.30. The van der Waals surface area contributed by atoms with Crippen LogP contribution in [0.3, 0.4) is 0 Å². The fourth-order valence-corrected chi connectivity index (χ4v) is 1.21. The number of nitrogens with one attached hydrogen (secondary N) is 1. The van der Waals surface area contributed by atoms with Gasteiger partial charge >= 0.3 is 0 Å². The van der Waals surface area contributed by atoms with Crippen molar-refractivity contribution >= 4 is 12.0 Å². The molecule has 1 aromatic heterocycles. The zero-order chi connectivity index (χ0) is 11.2. The van der Waals surface area contributed by atoms with Gasteiger partial charge in [-0.15, -0.1) is 0 Å². The number of aromatic nitrogens is 1. The molecule has 0 aliphatic carbocycles. The highest BCUT2D eigenvalue weighted by Crippen LogP contribution is 2.08. The van der Waals surface area contributed by atoms with Crippen molar-refractivity contribution in [3.8, 4) is 5.75 Å². The Labute approximate surface area is 93.3 Å². The first-order chi connectivity index (χ1) is 7.84. The lowest BCUT2D eigenvalue weighted by Gasteiger charge is -1.97. The molecule has 2 rings (SSSR count). The Hall–Kier alpha value is -2.36. The number of aromatic hydroxyl groups is 1. The van der Waals surface area contributed by atoms with Gasteiger partial charge in [0.2, 0.25) is 0 Å². The van der Waals surface area contributed by atoms with Gasteiger partial charge in [0.05, 0.1) is 6.21 Å². The van der Waals surface area contributed by atoms with Gasteiger partial charge in [-0.05, 0) is 29.8 Å². The first kappa shape index (κ1) is 10.2. The van der Waals surface area contributed by atoms with Crippen molar-refractivity contribution in [3.05, 3.63) is 54.2 Å². The predicted molar refractivity (Wildman–Crippen MR) is 63.6 cm³/mol. The van der Waals surface area contributed by atoms with Gasteiger partial charge in [-0.1, -0.05) is 18.2 Å². The Morgan fingerprint density at radius 3 is 2.88 bits per heavy atom. The number of pyridine rings is 1. The van der Waals surface area contributed by atoms with Crippen LogP contribution in [-0.2, 0) is 0 Å². The van der Waals surface area contributed by atoms with Crippen LogP contribution in [0.2, 0.25) is 0 Å². The molecule has 0 fully saturated rings. The zero-order valence-electron chi connectivity index (χ0n) is 8.54. The minimum absolute atomic E-state index is 0.224. The van der Waals surface area contributed by atoms with Crippen molar-refractivity contribution in [3.63, 3.8) is 0 Å². The molecule has 0 amide bonds. The van der Waals surface area contributed by atoms with Crippen LogP contribution in [0.15, 0.2) is 53.8 Å². The fourth-order valence-electron chi connectivity index (χ4n) is 1.21. The summed E-state index contributed by atoms with van der Waals surface area (Å²) < 4.78 is 0. The normalized spacial score (nSPS) is 10.5. The number of rotatable bonds is 3. The van der Waals surface area contributed by atoms with Gasteiger partial charge in [0.15, 0.2) is 0 Å². The van der Waals surface area contributed by atoms with E-state index < -0.39 is 0 Å². The number of anilines is 1. The van der Waals surface area contributed by atoms with Crippen LogP contribution < -0.4 is 5.43 Å². The predicted octanol–water partition coefficient (Wildman–Crippen LogP) is 2.23.